The number of rotatable bonds is 3. The lowest BCUT2D eigenvalue weighted by molar-refractivity contribution is -0.139. The molecule has 0 aromatic heterocycles. The average molecular weight is 413 g/mol. The molecule has 2 aromatic carbocycles. The van der Waals surface area contributed by atoms with Gasteiger partial charge in [-0.25, -0.2) is 0 Å². The molecule has 2 aliphatic rings. The summed E-state index contributed by atoms with van der Waals surface area (Å²) in [4.78, 5) is 30.2. The van der Waals surface area contributed by atoms with Crippen LogP contribution in [-0.2, 0) is 9.53 Å². The molecule has 2 aliphatic heterocycles. The second-order valence-corrected chi connectivity index (χ2v) is 8.16. The largest absolute Gasteiger partial charge is 0.378 e. The van der Waals surface area contributed by atoms with Crippen LogP contribution in [0.3, 0.4) is 0 Å². The SMILES string of the molecule is Cc1ccccc1C1CN(C(=O)c2cccc(Cl)c2)CC1C(=O)N1CCOCC1. The van der Waals surface area contributed by atoms with Crippen molar-refractivity contribution in [1.82, 2.24) is 9.80 Å². The number of likely N-dealkylation sites (tertiary alicyclic amines) is 1. The number of carbonyl (C=O) groups excluding carboxylic acids is 2. The molecule has 2 heterocycles. The lowest BCUT2D eigenvalue weighted by atomic mass is 9.85. The first-order chi connectivity index (χ1) is 14.0. The fourth-order valence-corrected chi connectivity index (χ4v) is 4.55. The van der Waals surface area contributed by atoms with Gasteiger partial charge in [-0.15, -0.1) is 0 Å². The summed E-state index contributed by atoms with van der Waals surface area (Å²) in [6, 6.07) is 15.1. The Morgan fingerprint density at radius 2 is 1.76 bits per heavy atom. The van der Waals surface area contributed by atoms with E-state index in [0.29, 0.717) is 50.0 Å². The van der Waals surface area contributed by atoms with E-state index in [1.165, 1.54) is 0 Å². The van der Waals surface area contributed by atoms with Crippen molar-refractivity contribution in [3.05, 3.63) is 70.2 Å². The van der Waals surface area contributed by atoms with Gasteiger partial charge in [-0.3, -0.25) is 9.59 Å². The van der Waals surface area contributed by atoms with E-state index in [1.807, 2.05) is 17.0 Å². The molecule has 0 saturated carbocycles. The van der Waals surface area contributed by atoms with Gasteiger partial charge in [0.2, 0.25) is 5.91 Å². The van der Waals surface area contributed by atoms with E-state index in [1.54, 1.807) is 29.2 Å². The van der Waals surface area contributed by atoms with Gasteiger partial charge in [0.25, 0.3) is 5.91 Å². The Morgan fingerprint density at radius 1 is 1.00 bits per heavy atom. The number of hydrogen-bond donors (Lipinski definition) is 0. The normalized spacial score (nSPS) is 22.0. The predicted molar refractivity (Wildman–Crippen MR) is 112 cm³/mol. The first-order valence-corrected chi connectivity index (χ1v) is 10.4. The molecule has 0 radical (unpaired) electrons. The summed E-state index contributed by atoms with van der Waals surface area (Å²) in [5.74, 6) is -0.238. The van der Waals surface area contributed by atoms with E-state index in [2.05, 4.69) is 19.1 Å². The second kappa shape index (κ2) is 8.56. The van der Waals surface area contributed by atoms with Crippen molar-refractivity contribution in [2.45, 2.75) is 12.8 Å². The van der Waals surface area contributed by atoms with Crippen LogP contribution in [0.2, 0.25) is 5.02 Å². The van der Waals surface area contributed by atoms with Crippen LogP contribution in [0.1, 0.15) is 27.4 Å². The fourth-order valence-electron chi connectivity index (χ4n) is 4.36. The van der Waals surface area contributed by atoms with Crippen molar-refractivity contribution in [1.29, 1.82) is 0 Å². The predicted octanol–water partition coefficient (Wildman–Crippen LogP) is 3.36. The Hall–Kier alpha value is -2.37. The Morgan fingerprint density at radius 3 is 2.48 bits per heavy atom. The fraction of sp³-hybridized carbons (Fsp3) is 0.391. The molecule has 2 amide bonds. The maximum Gasteiger partial charge on any atom is 0.253 e. The zero-order valence-electron chi connectivity index (χ0n) is 16.5. The third kappa shape index (κ3) is 4.16. The molecule has 0 bridgehead atoms. The summed E-state index contributed by atoms with van der Waals surface area (Å²) in [7, 11) is 0. The van der Waals surface area contributed by atoms with Crippen molar-refractivity contribution in [2.75, 3.05) is 39.4 Å². The first-order valence-electron chi connectivity index (χ1n) is 10.0. The lowest BCUT2D eigenvalue weighted by Gasteiger charge is -2.31. The van der Waals surface area contributed by atoms with E-state index in [4.69, 9.17) is 16.3 Å². The van der Waals surface area contributed by atoms with Crippen LogP contribution in [0.25, 0.3) is 0 Å². The molecule has 2 aromatic rings. The number of halogens is 1. The summed E-state index contributed by atoms with van der Waals surface area (Å²) in [6.45, 7) is 5.36. The highest BCUT2D eigenvalue weighted by Gasteiger charge is 2.42. The van der Waals surface area contributed by atoms with Crippen LogP contribution in [0.5, 0.6) is 0 Å². The molecule has 2 unspecified atom stereocenters. The van der Waals surface area contributed by atoms with Crippen LogP contribution < -0.4 is 0 Å². The maximum absolute atomic E-state index is 13.4. The molecule has 2 saturated heterocycles. The van der Waals surface area contributed by atoms with Crippen molar-refractivity contribution in [3.8, 4) is 0 Å². The second-order valence-electron chi connectivity index (χ2n) is 7.73. The number of carbonyl (C=O) groups is 2. The minimum Gasteiger partial charge on any atom is -0.378 e. The van der Waals surface area contributed by atoms with Gasteiger partial charge in [0.1, 0.15) is 0 Å². The molecule has 5 nitrogen and oxygen atoms in total. The molecule has 0 N–H and O–H groups in total. The molecule has 6 heteroatoms. The minimum absolute atomic E-state index is 0.0188. The van der Waals surface area contributed by atoms with Crippen molar-refractivity contribution in [3.63, 3.8) is 0 Å². The van der Waals surface area contributed by atoms with Crippen molar-refractivity contribution in [2.24, 2.45) is 5.92 Å². The molecule has 152 valence electrons. The van der Waals surface area contributed by atoms with Gasteiger partial charge in [-0.05, 0) is 36.2 Å². The Balaban J connectivity index is 1.63. The lowest BCUT2D eigenvalue weighted by Crippen LogP contribution is -2.45. The van der Waals surface area contributed by atoms with Gasteiger partial charge < -0.3 is 14.5 Å². The van der Waals surface area contributed by atoms with E-state index in [-0.39, 0.29) is 23.7 Å². The number of aryl methyl sites for hydroxylation is 1. The van der Waals surface area contributed by atoms with Crippen LogP contribution >= 0.6 is 11.6 Å². The number of amides is 2. The van der Waals surface area contributed by atoms with Crippen LogP contribution in [-0.4, -0.2) is 61.0 Å². The highest BCUT2D eigenvalue weighted by molar-refractivity contribution is 6.30. The van der Waals surface area contributed by atoms with Gasteiger partial charge in [0.15, 0.2) is 0 Å². The quantitative estimate of drug-likeness (QED) is 0.776. The number of morpholine rings is 1. The van der Waals surface area contributed by atoms with Gasteiger partial charge in [-0.2, -0.15) is 0 Å². The third-order valence-electron chi connectivity index (χ3n) is 5.91. The topological polar surface area (TPSA) is 49.9 Å². The zero-order valence-corrected chi connectivity index (χ0v) is 17.3. The molecule has 4 rings (SSSR count). The molecular formula is C23H25ClN2O3. The highest BCUT2D eigenvalue weighted by Crippen LogP contribution is 2.36. The Kier molecular flexibility index (Phi) is 5.88. The molecule has 29 heavy (non-hydrogen) atoms. The summed E-state index contributed by atoms with van der Waals surface area (Å²) in [5, 5.41) is 0.534. The summed E-state index contributed by atoms with van der Waals surface area (Å²) in [6.07, 6.45) is 0. The number of nitrogens with zero attached hydrogens (tertiary/aromatic N) is 2. The standard InChI is InChI=1S/C23H25ClN2O3/c1-16-5-2-3-8-19(16)20-14-26(22(27)17-6-4-7-18(24)13-17)15-21(20)23(28)25-9-11-29-12-10-25/h2-8,13,20-21H,9-12,14-15H2,1H3. The maximum atomic E-state index is 13.4. The number of hydrogen-bond acceptors (Lipinski definition) is 3. The molecule has 2 atom stereocenters. The third-order valence-corrected chi connectivity index (χ3v) is 6.14. The molecule has 2 fully saturated rings. The molecule has 0 spiro atoms. The number of benzene rings is 2. The van der Waals surface area contributed by atoms with E-state index in [0.717, 1.165) is 11.1 Å². The van der Waals surface area contributed by atoms with Crippen LogP contribution in [0.4, 0.5) is 0 Å². The summed E-state index contributed by atoms with van der Waals surface area (Å²) in [5.41, 5.74) is 2.84. The van der Waals surface area contributed by atoms with E-state index < -0.39 is 0 Å². The smallest absolute Gasteiger partial charge is 0.253 e. The van der Waals surface area contributed by atoms with Gasteiger partial charge >= 0.3 is 0 Å². The van der Waals surface area contributed by atoms with Gasteiger partial charge in [0, 0.05) is 42.7 Å². The van der Waals surface area contributed by atoms with Crippen molar-refractivity contribution < 1.29 is 14.3 Å². The Labute approximate surface area is 176 Å². The monoisotopic (exact) mass is 412 g/mol. The zero-order chi connectivity index (χ0) is 20.4. The minimum atomic E-state index is -0.252. The molecule has 0 aliphatic carbocycles. The van der Waals surface area contributed by atoms with Crippen LogP contribution in [0, 0.1) is 12.8 Å². The van der Waals surface area contributed by atoms with E-state index >= 15 is 0 Å². The number of ether oxygens (including phenoxy) is 1. The van der Waals surface area contributed by atoms with Gasteiger partial charge in [-0.1, -0.05) is 41.9 Å². The van der Waals surface area contributed by atoms with Crippen molar-refractivity contribution >= 4 is 23.4 Å². The highest BCUT2D eigenvalue weighted by atomic mass is 35.5. The molecular weight excluding hydrogens is 388 g/mol. The summed E-state index contributed by atoms with van der Waals surface area (Å²) >= 11 is 6.08. The van der Waals surface area contributed by atoms with Crippen LogP contribution in [0.15, 0.2) is 48.5 Å². The summed E-state index contributed by atoms with van der Waals surface area (Å²) < 4.78 is 5.40. The van der Waals surface area contributed by atoms with E-state index in [9.17, 15) is 9.59 Å². The van der Waals surface area contributed by atoms with Gasteiger partial charge in [0.05, 0.1) is 19.1 Å². The Bertz CT molecular complexity index is 911. The first kappa shape index (κ1) is 19.9. The average Bonchev–Trinajstić information content (AvgIpc) is 3.18.